The lowest BCUT2D eigenvalue weighted by Gasteiger charge is -2.55. The monoisotopic (exact) mass is 782 g/mol. The van der Waals surface area contributed by atoms with E-state index in [1.54, 1.807) is 48.5 Å². The van der Waals surface area contributed by atoms with Gasteiger partial charge < -0.3 is 14.7 Å². The van der Waals surface area contributed by atoms with Gasteiger partial charge in [0.25, 0.3) is 0 Å². The topological polar surface area (TPSA) is 190 Å². The number of imide groups is 1. The van der Waals surface area contributed by atoms with Crippen molar-refractivity contribution < 1.29 is 38.9 Å². The molecular formula is C44H38N4O10. The van der Waals surface area contributed by atoms with Crippen LogP contribution in [0.5, 0.6) is 5.75 Å². The zero-order valence-corrected chi connectivity index (χ0v) is 31.5. The first-order chi connectivity index (χ1) is 27.9. The summed E-state index contributed by atoms with van der Waals surface area (Å²) in [6, 6.07) is 27.1. The Morgan fingerprint density at radius 2 is 1.47 bits per heavy atom. The normalized spacial score (nSPS) is 24.9. The summed E-state index contributed by atoms with van der Waals surface area (Å²) >= 11 is 0. The summed E-state index contributed by atoms with van der Waals surface area (Å²) in [5.74, 6) is -5.98. The lowest BCUT2D eigenvalue weighted by Crippen LogP contribution is -2.58. The molecule has 4 aromatic carbocycles. The van der Waals surface area contributed by atoms with Crippen LogP contribution in [-0.2, 0) is 24.6 Å². The number of carbonyl (C=O) groups excluding carboxylic acids is 4. The molecule has 1 aliphatic heterocycles. The van der Waals surface area contributed by atoms with E-state index in [0.717, 1.165) is 17.0 Å². The molecule has 0 bridgehead atoms. The van der Waals surface area contributed by atoms with Crippen LogP contribution in [0.3, 0.4) is 0 Å². The number of nitro benzene ring substituents is 2. The van der Waals surface area contributed by atoms with E-state index in [0.29, 0.717) is 28.0 Å². The van der Waals surface area contributed by atoms with Crippen LogP contribution in [0.15, 0.2) is 115 Å². The van der Waals surface area contributed by atoms with Gasteiger partial charge in [-0.3, -0.25) is 39.4 Å². The number of anilines is 2. The predicted octanol–water partition coefficient (Wildman–Crippen LogP) is 5.97. The molecule has 1 saturated carbocycles. The van der Waals surface area contributed by atoms with E-state index in [9.17, 15) is 34.9 Å². The molecular weight excluding hydrogens is 745 g/mol. The molecule has 1 saturated heterocycles. The van der Waals surface area contributed by atoms with Gasteiger partial charge in [-0.15, -0.1) is 0 Å². The minimum absolute atomic E-state index is 0.0254. The maximum absolute atomic E-state index is 15.2. The molecule has 14 heteroatoms. The van der Waals surface area contributed by atoms with Gasteiger partial charge >= 0.3 is 11.4 Å². The molecule has 1 N–H and O–H groups in total. The molecule has 294 valence electrons. The van der Waals surface area contributed by atoms with Gasteiger partial charge in [-0.25, -0.2) is 4.90 Å². The quantitative estimate of drug-likeness (QED) is 0.0863. The second-order valence-electron chi connectivity index (χ2n) is 15.2. The highest BCUT2D eigenvalue weighted by molar-refractivity contribution is 6.32. The van der Waals surface area contributed by atoms with E-state index in [1.165, 1.54) is 25.1 Å². The van der Waals surface area contributed by atoms with Crippen molar-refractivity contribution in [3.8, 4) is 5.75 Å². The highest BCUT2D eigenvalue weighted by atomic mass is 16.6. The first-order valence-corrected chi connectivity index (χ1v) is 18.9. The number of hydrogen-bond donors (Lipinski definition) is 1. The number of benzene rings is 4. The van der Waals surface area contributed by atoms with Gasteiger partial charge in [-0.2, -0.15) is 0 Å². The molecule has 6 atom stereocenters. The number of fused-ring (bicyclic) bond motifs is 4. The number of ketones is 2. The van der Waals surface area contributed by atoms with E-state index >= 15 is 9.59 Å². The zero-order chi connectivity index (χ0) is 41.0. The Hall–Kier alpha value is -6.80. The van der Waals surface area contributed by atoms with Gasteiger partial charge in [0.15, 0.2) is 17.3 Å². The standard InChI is InChI=1S/C44H38N4O10/c1-45(2)40-35(47(54)55)21-28(22-36(40)48(56)57)46-42(52)31-18-17-30-33(38(31)43(46)53)23-34-41(51)32(25-9-5-3-6-10-25)24-37(50)44(34,27-11-7-4-8-12-27)39(30)26-13-15-29(16-14-26)58-20-19-49/h3-17,21-22,24,31,33-34,38-39,49H,18-20,23H2,1-2H3/t31-,33+,34-,38-,39-,44-/m0/s1. The van der Waals surface area contributed by atoms with Crippen LogP contribution < -0.4 is 14.5 Å². The molecule has 0 spiro atoms. The molecule has 0 aromatic heterocycles. The lowest BCUT2D eigenvalue weighted by molar-refractivity contribution is -0.392. The Kier molecular flexibility index (Phi) is 9.60. The molecule has 2 fully saturated rings. The summed E-state index contributed by atoms with van der Waals surface area (Å²) in [6.07, 6.45) is 3.42. The molecule has 2 amide bonds. The third-order valence-corrected chi connectivity index (χ3v) is 12.1. The highest BCUT2D eigenvalue weighted by Crippen LogP contribution is 2.64. The maximum Gasteiger partial charge on any atom is 0.301 e. The van der Waals surface area contributed by atoms with E-state index in [1.807, 2.05) is 42.5 Å². The van der Waals surface area contributed by atoms with Gasteiger partial charge in [0, 0.05) is 43.6 Å². The van der Waals surface area contributed by atoms with Gasteiger partial charge in [-0.1, -0.05) is 84.4 Å². The Balaban J connectivity index is 1.32. The lowest BCUT2D eigenvalue weighted by atomic mass is 9.44. The minimum atomic E-state index is -1.46. The Morgan fingerprint density at radius 1 is 0.845 bits per heavy atom. The number of aliphatic hydroxyl groups is 1. The number of rotatable bonds is 10. The van der Waals surface area contributed by atoms with Crippen molar-refractivity contribution in [1.29, 1.82) is 0 Å². The van der Waals surface area contributed by atoms with Gasteiger partial charge in [-0.05, 0) is 53.7 Å². The highest BCUT2D eigenvalue weighted by Gasteiger charge is 2.66. The van der Waals surface area contributed by atoms with Crippen molar-refractivity contribution in [3.63, 3.8) is 0 Å². The predicted molar refractivity (Wildman–Crippen MR) is 212 cm³/mol. The molecule has 0 unspecified atom stereocenters. The Bertz CT molecular complexity index is 2410. The number of aliphatic hydroxyl groups excluding tert-OH is 1. The Morgan fingerprint density at radius 3 is 2.05 bits per heavy atom. The smallest absolute Gasteiger partial charge is 0.301 e. The van der Waals surface area contributed by atoms with Crippen molar-refractivity contribution in [2.24, 2.45) is 23.7 Å². The number of ether oxygens (including phenoxy) is 1. The number of amides is 2. The summed E-state index contributed by atoms with van der Waals surface area (Å²) in [5.41, 5.74) is -0.557. The van der Waals surface area contributed by atoms with Crippen LogP contribution in [-0.4, -0.2) is 65.6 Å². The second kappa shape index (κ2) is 14.6. The zero-order valence-electron chi connectivity index (χ0n) is 31.5. The van der Waals surface area contributed by atoms with Gasteiger partial charge in [0.1, 0.15) is 12.4 Å². The van der Waals surface area contributed by atoms with Crippen LogP contribution in [0.25, 0.3) is 5.57 Å². The molecule has 4 aromatic rings. The summed E-state index contributed by atoms with van der Waals surface area (Å²) < 4.78 is 5.66. The third kappa shape index (κ3) is 5.82. The average Bonchev–Trinajstić information content (AvgIpc) is 3.49. The van der Waals surface area contributed by atoms with Gasteiger partial charge in [0.2, 0.25) is 11.8 Å². The van der Waals surface area contributed by atoms with E-state index in [-0.39, 0.29) is 54.6 Å². The van der Waals surface area contributed by atoms with Gasteiger partial charge in [0.05, 0.1) is 39.4 Å². The molecule has 3 aliphatic carbocycles. The summed E-state index contributed by atoms with van der Waals surface area (Å²) in [4.78, 5) is 84.6. The summed E-state index contributed by atoms with van der Waals surface area (Å²) in [6.45, 7) is -0.136. The van der Waals surface area contributed by atoms with Crippen LogP contribution in [0.2, 0.25) is 0 Å². The van der Waals surface area contributed by atoms with Crippen molar-refractivity contribution in [2.45, 2.75) is 24.2 Å². The summed E-state index contributed by atoms with van der Waals surface area (Å²) in [7, 11) is 2.84. The number of Topliss-reactive ketones (excluding diaryl/α,β-unsaturated/α-hetero) is 1. The van der Waals surface area contributed by atoms with E-state index < -0.39 is 68.0 Å². The fraction of sp³-hybridized carbons (Fsp3) is 0.273. The van der Waals surface area contributed by atoms with Crippen LogP contribution in [0.1, 0.15) is 35.4 Å². The number of hydrogen-bond acceptors (Lipinski definition) is 11. The molecule has 14 nitrogen and oxygen atoms in total. The van der Waals surface area contributed by atoms with Crippen molar-refractivity contribution in [1.82, 2.24) is 0 Å². The number of nitro groups is 2. The fourth-order valence-corrected chi connectivity index (χ4v) is 9.88. The number of nitrogens with zero attached hydrogens (tertiary/aromatic N) is 4. The number of carbonyl (C=O) groups is 4. The SMILES string of the molecule is CN(C)c1c([N+](=O)[O-])cc(N2C(=O)[C@H]3[C@H](CC=C4[C@H]3C[C@H]3C(=O)C(c5ccccc5)=CC(=O)[C@@]3(c3ccccc3)[C@H]4c3ccc(OCCO)cc3)C2=O)cc1[N+](=O)[O-]. The van der Waals surface area contributed by atoms with Crippen molar-refractivity contribution in [2.75, 3.05) is 37.1 Å². The molecule has 4 aliphatic rings. The molecule has 0 radical (unpaired) electrons. The van der Waals surface area contributed by atoms with Crippen LogP contribution in [0.4, 0.5) is 22.7 Å². The first kappa shape index (κ1) is 38.1. The number of allylic oxidation sites excluding steroid dienone is 4. The second-order valence-corrected chi connectivity index (χ2v) is 15.2. The first-order valence-electron chi connectivity index (χ1n) is 18.9. The Labute approximate surface area is 332 Å². The molecule has 58 heavy (non-hydrogen) atoms. The van der Waals surface area contributed by atoms with Crippen molar-refractivity contribution >= 4 is 51.7 Å². The third-order valence-electron chi connectivity index (χ3n) is 12.1. The van der Waals surface area contributed by atoms with E-state index in [2.05, 4.69) is 0 Å². The summed E-state index contributed by atoms with van der Waals surface area (Å²) in [5, 5.41) is 33.9. The maximum atomic E-state index is 15.2. The van der Waals surface area contributed by atoms with Crippen LogP contribution >= 0.6 is 0 Å². The van der Waals surface area contributed by atoms with E-state index in [4.69, 9.17) is 4.74 Å². The average molecular weight is 783 g/mol. The minimum Gasteiger partial charge on any atom is -0.491 e. The van der Waals surface area contributed by atoms with Crippen molar-refractivity contribution in [3.05, 3.63) is 152 Å². The fourth-order valence-electron chi connectivity index (χ4n) is 9.88. The van der Waals surface area contributed by atoms with Crippen LogP contribution in [0, 0.1) is 43.9 Å². The largest absolute Gasteiger partial charge is 0.491 e. The molecule has 1 heterocycles. The molecule has 8 rings (SSSR count).